The number of aryl methyl sites for hydroxylation is 1. The van der Waals surface area contributed by atoms with Crippen LogP contribution in [-0.4, -0.2) is 30.8 Å². The van der Waals surface area contributed by atoms with Crippen LogP contribution in [0.3, 0.4) is 0 Å². The number of hydrogen-bond acceptors (Lipinski definition) is 5. The predicted molar refractivity (Wildman–Crippen MR) is 115 cm³/mol. The van der Waals surface area contributed by atoms with Crippen molar-refractivity contribution in [3.05, 3.63) is 49.9 Å². The van der Waals surface area contributed by atoms with Gasteiger partial charge in [0, 0.05) is 33.7 Å². The van der Waals surface area contributed by atoms with Crippen molar-refractivity contribution in [2.24, 2.45) is 0 Å². The maximum atomic E-state index is 13.1. The molecule has 2 rings (SSSR count). The summed E-state index contributed by atoms with van der Waals surface area (Å²) >= 11 is 7.59. The Hall–Kier alpha value is -1.05. The fourth-order valence-corrected chi connectivity index (χ4v) is 4.60. The summed E-state index contributed by atoms with van der Waals surface area (Å²) in [7, 11) is -1.85. The Bertz CT molecular complexity index is 827. The van der Waals surface area contributed by atoms with Gasteiger partial charge in [0.2, 0.25) is 0 Å². The highest BCUT2D eigenvalue weighted by molar-refractivity contribution is 7.12. The van der Waals surface area contributed by atoms with Gasteiger partial charge >= 0.3 is 0 Å². The van der Waals surface area contributed by atoms with Crippen molar-refractivity contribution in [3.63, 3.8) is 0 Å². The minimum Gasteiger partial charge on any atom is -0.412 e. The molecule has 0 unspecified atom stereocenters. The van der Waals surface area contributed by atoms with Gasteiger partial charge in [0.1, 0.15) is 5.15 Å². The molecule has 0 atom stereocenters. The first kappa shape index (κ1) is 22.2. The Morgan fingerprint density at radius 1 is 1.30 bits per heavy atom. The number of carbonyl (C=O) groups excluding carboxylic acids is 1. The smallest absolute Gasteiger partial charge is 0.194 e. The molecule has 2 heterocycles. The van der Waals surface area contributed by atoms with E-state index in [1.54, 1.807) is 23.6 Å². The van der Waals surface area contributed by atoms with E-state index in [0.29, 0.717) is 29.7 Å². The molecule has 7 heteroatoms. The molecule has 0 fully saturated rings. The van der Waals surface area contributed by atoms with Crippen molar-refractivity contribution in [2.75, 3.05) is 6.61 Å². The Morgan fingerprint density at radius 2 is 1.96 bits per heavy atom. The molecule has 2 aromatic rings. The quantitative estimate of drug-likeness (QED) is 0.367. The summed E-state index contributed by atoms with van der Waals surface area (Å²) in [5, 5.41) is 9.67. The lowest BCUT2D eigenvalue weighted by Gasteiger charge is -2.36. The fourth-order valence-electron chi connectivity index (χ4n) is 2.44. The second-order valence-corrected chi connectivity index (χ2v) is 14.7. The van der Waals surface area contributed by atoms with Gasteiger partial charge in [-0.15, -0.1) is 11.3 Å². The zero-order chi connectivity index (χ0) is 20.4. The van der Waals surface area contributed by atoms with Crippen LogP contribution in [0.4, 0.5) is 0 Å². The monoisotopic (exact) mass is 425 g/mol. The summed E-state index contributed by atoms with van der Waals surface area (Å²) in [4.78, 5) is 19.1. The molecule has 0 aliphatic rings. The summed E-state index contributed by atoms with van der Waals surface area (Å²) in [6, 6.07) is 3.50. The number of thiophene rings is 1. The van der Waals surface area contributed by atoms with Gasteiger partial charge in [-0.25, -0.2) is 4.98 Å². The molecule has 2 aromatic heterocycles. The highest BCUT2D eigenvalue weighted by Gasteiger charge is 2.37. The van der Waals surface area contributed by atoms with Crippen LogP contribution in [0.2, 0.25) is 23.3 Å². The van der Waals surface area contributed by atoms with Crippen LogP contribution < -0.4 is 0 Å². The molecular formula is C20H28ClNO3SSi. The van der Waals surface area contributed by atoms with Gasteiger partial charge in [0.25, 0.3) is 0 Å². The van der Waals surface area contributed by atoms with Crippen LogP contribution in [0.25, 0.3) is 0 Å². The molecule has 0 saturated heterocycles. The first-order valence-electron chi connectivity index (χ1n) is 8.99. The molecule has 0 aliphatic carbocycles. The second kappa shape index (κ2) is 8.53. The largest absolute Gasteiger partial charge is 0.412 e. The summed E-state index contributed by atoms with van der Waals surface area (Å²) in [6.45, 7) is 13.5. The minimum absolute atomic E-state index is 0.0438. The van der Waals surface area contributed by atoms with Crippen LogP contribution in [0.15, 0.2) is 18.3 Å². The third-order valence-corrected chi connectivity index (χ3v) is 10.9. The predicted octanol–water partition coefficient (Wildman–Crippen LogP) is 5.39. The topological polar surface area (TPSA) is 59.4 Å². The normalized spacial score (nSPS) is 12.4. The molecule has 27 heavy (non-hydrogen) atoms. The lowest BCUT2D eigenvalue weighted by Crippen LogP contribution is -2.40. The summed E-state index contributed by atoms with van der Waals surface area (Å²) in [5.41, 5.74) is 1.87. The Labute approximate surface area is 171 Å². The van der Waals surface area contributed by atoms with E-state index in [1.807, 2.05) is 13.0 Å². The number of halogens is 1. The van der Waals surface area contributed by atoms with E-state index in [9.17, 15) is 9.90 Å². The number of carbonyl (C=O) groups is 1. The number of nitrogens with zero attached hydrogens (tertiary/aromatic N) is 1. The van der Waals surface area contributed by atoms with Crippen molar-refractivity contribution in [3.8, 4) is 0 Å². The first-order valence-corrected chi connectivity index (χ1v) is 13.1. The molecular weight excluding hydrogens is 398 g/mol. The van der Waals surface area contributed by atoms with Crippen LogP contribution in [-0.2, 0) is 17.5 Å². The van der Waals surface area contributed by atoms with Crippen LogP contribution in [0.1, 0.15) is 52.0 Å². The number of aliphatic hydroxyl groups is 1. The van der Waals surface area contributed by atoms with E-state index >= 15 is 0 Å². The number of ketones is 1. The van der Waals surface area contributed by atoms with E-state index in [0.717, 1.165) is 9.75 Å². The molecule has 0 saturated carbocycles. The van der Waals surface area contributed by atoms with Crippen LogP contribution in [0.5, 0.6) is 0 Å². The molecule has 1 N–H and O–H groups in total. The van der Waals surface area contributed by atoms with Crippen molar-refractivity contribution < 1.29 is 14.3 Å². The van der Waals surface area contributed by atoms with E-state index in [1.165, 1.54) is 0 Å². The summed E-state index contributed by atoms with van der Waals surface area (Å²) in [6.07, 6.45) is 1.94. The summed E-state index contributed by atoms with van der Waals surface area (Å²) < 4.78 is 6.29. The average molecular weight is 426 g/mol. The van der Waals surface area contributed by atoms with Gasteiger partial charge < -0.3 is 9.53 Å². The molecule has 4 nitrogen and oxygen atoms in total. The van der Waals surface area contributed by atoms with Gasteiger partial charge in [0.15, 0.2) is 14.1 Å². The lowest BCUT2D eigenvalue weighted by atomic mass is 9.99. The van der Waals surface area contributed by atoms with Crippen molar-refractivity contribution in [2.45, 2.75) is 58.9 Å². The average Bonchev–Trinajstić information content (AvgIpc) is 2.94. The van der Waals surface area contributed by atoms with Crippen LogP contribution >= 0.6 is 22.9 Å². The van der Waals surface area contributed by atoms with E-state index in [2.05, 4.69) is 38.8 Å². The third kappa shape index (κ3) is 5.27. The molecule has 0 radical (unpaired) electrons. The standard InChI is InChI=1S/C20H28ClNO3SSi/c1-13-16(9-15(26-13)12-25-27(5,6)20(2,3)4)19(24)17-10-18(21)22-11-14(17)7-8-23/h9-11,23H,7-8,12H2,1-6H3. The SMILES string of the molecule is Cc1sc(CO[Si](C)(C)C(C)(C)C)cc1C(=O)c1cc(Cl)ncc1CCO. The van der Waals surface area contributed by atoms with Gasteiger partial charge in [-0.05, 0) is 49.2 Å². The molecule has 148 valence electrons. The van der Waals surface area contributed by atoms with E-state index in [4.69, 9.17) is 16.0 Å². The zero-order valence-electron chi connectivity index (χ0n) is 16.9. The maximum absolute atomic E-state index is 13.1. The highest BCUT2D eigenvalue weighted by Crippen LogP contribution is 2.37. The number of rotatable bonds is 7. The van der Waals surface area contributed by atoms with Gasteiger partial charge in [-0.1, -0.05) is 32.4 Å². The number of aliphatic hydroxyl groups excluding tert-OH is 1. The number of aromatic nitrogens is 1. The molecule has 0 amide bonds. The molecule has 0 spiro atoms. The Morgan fingerprint density at radius 3 is 2.56 bits per heavy atom. The van der Waals surface area contributed by atoms with Crippen molar-refractivity contribution in [1.29, 1.82) is 0 Å². The highest BCUT2D eigenvalue weighted by atomic mass is 35.5. The maximum Gasteiger partial charge on any atom is 0.194 e. The Kier molecular flexibility index (Phi) is 7.03. The first-order chi connectivity index (χ1) is 12.5. The van der Waals surface area contributed by atoms with E-state index < -0.39 is 8.32 Å². The second-order valence-electron chi connectivity index (χ2n) is 8.20. The fraction of sp³-hybridized carbons (Fsp3) is 0.500. The van der Waals surface area contributed by atoms with Gasteiger partial charge in [-0.2, -0.15) is 0 Å². The summed E-state index contributed by atoms with van der Waals surface area (Å²) in [5.74, 6) is -0.0879. The zero-order valence-corrected chi connectivity index (χ0v) is 19.4. The molecule has 0 bridgehead atoms. The Balaban J connectivity index is 2.26. The van der Waals surface area contributed by atoms with Gasteiger partial charge in [-0.3, -0.25) is 4.79 Å². The van der Waals surface area contributed by atoms with Crippen LogP contribution in [0, 0.1) is 6.92 Å². The number of pyridine rings is 1. The molecule has 0 aromatic carbocycles. The van der Waals surface area contributed by atoms with Crippen molar-refractivity contribution in [1.82, 2.24) is 4.98 Å². The number of hydrogen-bond donors (Lipinski definition) is 1. The minimum atomic E-state index is -1.85. The third-order valence-electron chi connectivity index (χ3n) is 5.17. The van der Waals surface area contributed by atoms with Crippen molar-refractivity contribution >= 4 is 37.0 Å². The molecule has 0 aliphatic heterocycles. The van der Waals surface area contributed by atoms with E-state index in [-0.39, 0.29) is 22.6 Å². The lowest BCUT2D eigenvalue weighted by molar-refractivity contribution is 0.103. The van der Waals surface area contributed by atoms with Gasteiger partial charge in [0.05, 0.1) is 6.61 Å².